The molecule has 2 aliphatic heterocycles. The van der Waals surface area contributed by atoms with Gasteiger partial charge in [0.05, 0.1) is 20.6 Å². The van der Waals surface area contributed by atoms with Gasteiger partial charge in [0.25, 0.3) is 0 Å². The van der Waals surface area contributed by atoms with Crippen molar-refractivity contribution in [1.29, 1.82) is 0 Å². The van der Waals surface area contributed by atoms with E-state index in [0.29, 0.717) is 21.4 Å². The fourth-order valence-corrected chi connectivity index (χ4v) is 6.93. The van der Waals surface area contributed by atoms with Crippen LogP contribution in [0.3, 0.4) is 0 Å². The number of Topliss-reactive ketones (excluding diaryl/α,β-unsaturated/α-hetero) is 1. The number of halogens is 2. The molecule has 0 radical (unpaired) electrons. The highest BCUT2D eigenvalue weighted by atomic mass is 35.5. The van der Waals surface area contributed by atoms with Crippen LogP contribution in [-0.2, 0) is 25.8 Å². The van der Waals surface area contributed by atoms with Gasteiger partial charge in [-0.3, -0.25) is 9.59 Å². The minimum Gasteiger partial charge on any atom is -0.496 e. The maximum absolute atomic E-state index is 13.7. The number of β-lactam (4-membered cyclic amide) rings is 1. The predicted molar refractivity (Wildman–Crippen MR) is 114 cm³/mol. The Hall–Kier alpha value is -2.29. The maximum Gasteiger partial charge on any atom is 0.228 e. The van der Waals surface area contributed by atoms with Gasteiger partial charge in [-0.15, -0.1) is 0 Å². The van der Waals surface area contributed by atoms with E-state index >= 15 is 0 Å². The number of sulfone groups is 1. The first kappa shape index (κ1) is 21.9. The Balaban J connectivity index is 1.75. The molecule has 1 amide bonds. The Morgan fingerprint density at radius 2 is 1.68 bits per heavy atom. The van der Waals surface area contributed by atoms with Crippen molar-refractivity contribution in [3.05, 3.63) is 52.0 Å². The van der Waals surface area contributed by atoms with Crippen LogP contribution >= 0.6 is 23.2 Å². The Morgan fingerprint density at radius 1 is 1.03 bits per heavy atom. The Morgan fingerprint density at radius 3 is 2.32 bits per heavy atom. The SMILES string of the molecule is COc1ccc(Cl)cc1CC1CN2C(=O)CC2(S(=O)(=O)c2ccc(Cl)cc2OC)C1=O. The van der Waals surface area contributed by atoms with Crippen LogP contribution < -0.4 is 9.47 Å². The predicted octanol–water partition coefficient (Wildman–Crippen LogP) is 3.15. The minimum absolute atomic E-state index is 0.00245. The number of carbonyl (C=O) groups is 2. The van der Waals surface area contributed by atoms with Gasteiger partial charge in [0.2, 0.25) is 20.6 Å². The van der Waals surface area contributed by atoms with Crippen molar-refractivity contribution in [3.8, 4) is 11.5 Å². The smallest absolute Gasteiger partial charge is 0.228 e. The first-order chi connectivity index (χ1) is 14.7. The summed E-state index contributed by atoms with van der Waals surface area (Å²) in [4.78, 5) is 24.9. The third kappa shape index (κ3) is 3.20. The van der Waals surface area contributed by atoms with Crippen LogP contribution in [0.1, 0.15) is 12.0 Å². The zero-order valence-corrected chi connectivity index (χ0v) is 19.1. The van der Waals surface area contributed by atoms with Crippen LogP contribution in [0.2, 0.25) is 10.0 Å². The number of fused-ring (bicyclic) bond motifs is 1. The first-order valence-electron chi connectivity index (χ1n) is 9.41. The zero-order valence-electron chi connectivity index (χ0n) is 16.7. The van der Waals surface area contributed by atoms with E-state index in [2.05, 4.69) is 0 Å². The van der Waals surface area contributed by atoms with Crippen LogP contribution in [0.15, 0.2) is 41.3 Å². The molecule has 164 valence electrons. The van der Waals surface area contributed by atoms with Crippen LogP contribution in [0, 0.1) is 5.92 Å². The fourth-order valence-electron chi connectivity index (χ4n) is 4.34. The summed E-state index contributed by atoms with van der Waals surface area (Å²) < 4.78 is 37.8. The van der Waals surface area contributed by atoms with Crippen molar-refractivity contribution in [2.45, 2.75) is 22.6 Å². The summed E-state index contributed by atoms with van der Waals surface area (Å²) in [5, 5.41) is 0.757. The van der Waals surface area contributed by atoms with Gasteiger partial charge >= 0.3 is 0 Å². The summed E-state index contributed by atoms with van der Waals surface area (Å²) in [6.45, 7) is 0.00245. The van der Waals surface area contributed by atoms with E-state index in [9.17, 15) is 18.0 Å². The molecule has 4 rings (SSSR count). The van der Waals surface area contributed by atoms with Crippen molar-refractivity contribution < 1.29 is 27.5 Å². The van der Waals surface area contributed by atoms with Crippen molar-refractivity contribution >= 4 is 44.7 Å². The lowest BCUT2D eigenvalue weighted by Gasteiger charge is -2.44. The Bertz CT molecular complexity index is 1200. The molecule has 0 aliphatic carbocycles. The maximum atomic E-state index is 13.7. The second kappa shape index (κ2) is 7.69. The highest BCUT2D eigenvalue weighted by Gasteiger charge is 2.71. The summed E-state index contributed by atoms with van der Waals surface area (Å²) in [7, 11) is -1.46. The molecule has 0 spiro atoms. The van der Waals surface area contributed by atoms with E-state index in [0.717, 1.165) is 4.90 Å². The van der Waals surface area contributed by atoms with Crippen LogP contribution in [-0.4, -0.2) is 50.6 Å². The molecule has 0 N–H and O–H groups in total. The lowest BCUT2D eigenvalue weighted by atomic mass is 9.92. The van der Waals surface area contributed by atoms with Gasteiger partial charge in [-0.1, -0.05) is 23.2 Å². The monoisotopic (exact) mass is 483 g/mol. The molecule has 2 fully saturated rings. The molecule has 2 unspecified atom stereocenters. The van der Waals surface area contributed by atoms with Gasteiger partial charge in [-0.2, -0.15) is 0 Å². The number of benzene rings is 2. The highest BCUT2D eigenvalue weighted by molar-refractivity contribution is 7.94. The van der Waals surface area contributed by atoms with E-state index < -0.39 is 32.8 Å². The van der Waals surface area contributed by atoms with E-state index in [-0.39, 0.29) is 29.5 Å². The number of carbonyl (C=O) groups excluding carboxylic acids is 2. The van der Waals surface area contributed by atoms with Gasteiger partial charge in [0.1, 0.15) is 16.4 Å². The average molecular weight is 484 g/mol. The standard InChI is InChI=1S/C21H19Cl2NO6S/c1-29-16-5-3-14(22)8-12(16)7-13-11-24-19(25)10-21(24,20(13)26)31(27,28)18-6-4-15(23)9-17(18)30-2/h3-6,8-9,13H,7,10-11H2,1-2H3. The molecule has 7 nitrogen and oxygen atoms in total. The molecule has 10 heteroatoms. The lowest BCUT2D eigenvalue weighted by Crippen LogP contribution is -2.67. The third-order valence-corrected chi connectivity index (χ3v) is 8.70. The van der Waals surface area contributed by atoms with E-state index in [1.807, 2.05) is 0 Å². The molecule has 2 heterocycles. The normalized spacial score (nSPS) is 22.8. The van der Waals surface area contributed by atoms with E-state index in [1.165, 1.54) is 32.4 Å². The molecule has 0 aromatic heterocycles. The molecular formula is C21H19Cl2NO6S. The number of ether oxygens (including phenoxy) is 2. The van der Waals surface area contributed by atoms with Gasteiger partial charge in [0.15, 0.2) is 5.78 Å². The van der Waals surface area contributed by atoms with Crippen LogP contribution in [0.4, 0.5) is 0 Å². The molecular weight excluding hydrogens is 465 g/mol. The van der Waals surface area contributed by atoms with E-state index in [4.69, 9.17) is 32.7 Å². The molecule has 2 aromatic rings. The molecule has 2 aliphatic rings. The van der Waals surface area contributed by atoms with Crippen molar-refractivity contribution in [2.24, 2.45) is 5.92 Å². The van der Waals surface area contributed by atoms with E-state index in [1.54, 1.807) is 18.2 Å². The van der Waals surface area contributed by atoms with Crippen molar-refractivity contribution in [1.82, 2.24) is 4.90 Å². The highest BCUT2D eigenvalue weighted by Crippen LogP contribution is 2.50. The minimum atomic E-state index is -4.28. The number of ketones is 1. The Kier molecular flexibility index (Phi) is 5.44. The average Bonchev–Trinajstić information content (AvgIpc) is 2.95. The molecule has 2 aromatic carbocycles. The van der Waals surface area contributed by atoms with Crippen LogP contribution in [0.5, 0.6) is 11.5 Å². The first-order valence-corrected chi connectivity index (χ1v) is 11.6. The largest absolute Gasteiger partial charge is 0.496 e. The van der Waals surface area contributed by atoms with Crippen LogP contribution in [0.25, 0.3) is 0 Å². The molecule has 0 saturated carbocycles. The summed E-state index contributed by atoms with van der Waals surface area (Å²) in [5.74, 6) is -1.06. The number of hydrogen-bond donors (Lipinski definition) is 0. The number of methoxy groups -OCH3 is 2. The summed E-state index contributed by atoms with van der Waals surface area (Å²) in [6, 6.07) is 9.09. The molecule has 2 atom stereocenters. The summed E-state index contributed by atoms with van der Waals surface area (Å²) >= 11 is 12.0. The number of nitrogens with zero attached hydrogens (tertiary/aromatic N) is 1. The second-order valence-corrected chi connectivity index (χ2v) is 10.5. The molecule has 2 saturated heterocycles. The number of rotatable bonds is 6. The van der Waals surface area contributed by atoms with Crippen molar-refractivity contribution in [2.75, 3.05) is 20.8 Å². The van der Waals surface area contributed by atoms with Gasteiger partial charge in [0, 0.05) is 28.6 Å². The van der Waals surface area contributed by atoms with Gasteiger partial charge in [-0.05, 0) is 42.3 Å². The quantitative estimate of drug-likeness (QED) is 0.586. The summed E-state index contributed by atoms with van der Waals surface area (Å²) in [6.07, 6.45) is -0.204. The van der Waals surface area contributed by atoms with Gasteiger partial charge < -0.3 is 14.4 Å². The topological polar surface area (TPSA) is 90.0 Å². The lowest BCUT2D eigenvalue weighted by molar-refractivity contribution is -0.150. The molecule has 31 heavy (non-hydrogen) atoms. The Labute approximate surface area is 189 Å². The fraction of sp³-hybridized carbons (Fsp3) is 0.333. The summed E-state index contributed by atoms with van der Waals surface area (Å²) in [5.41, 5.74) is 0.667. The molecule has 0 bridgehead atoms. The van der Waals surface area contributed by atoms with Crippen molar-refractivity contribution in [3.63, 3.8) is 0 Å². The van der Waals surface area contributed by atoms with Gasteiger partial charge in [-0.25, -0.2) is 8.42 Å². The second-order valence-electron chi connectivity index (χ2n) is 7.49. The zero-order chi connectivity index (χ0) is 22.6. The number of hydrogen-bond acceptors (Lipinski definition) is 6. The third-order valence-electron chi connectivity index (χ3n) is 5.86. The number of amides is 1.